The van der Waals surface area contributed by atoms with Gasteiger partial charge in [-0.3, -0.25) is 15.0 Å². The van der Waals surface area contributed by atoms with Crippen molar-refractivity contribution in [3.05, 3.63) is 70.5 Å². The van der Waals surface area contributed by atoms with Crippen LogP contribution in [-0.4, -0.2) is 22.8 Å². The van der Waals surface area contributed by atoms with Gasteiger partial charge in [0.2, 0.25) is 5.91 Å². The highest BCUT2D eigenvalue weighted by atomic mass is 32.1. The number of aromatic nitrogens is 1. The minimum atomic E-state index is -0.823. The predicted molar refractivity (Wildman–Crippen MR) is 113 cm³/mol. The number of rotatable bonds is 6. The maximum absolute atomic E-state index is 12.7. The number of carbonyl (C=O) groups excluding carboxylic acids is 3. The fourth-order valence-corrected chi connectivity index (χ4v) is 3.25. The van der Waals surface area contributed by atoms with E-state index in [1.807, 2.05) is 0 Å². The number of pyridine rings is 1. The zero-order valence-electron chi connectivity index (χ0n) is 16.0. The average molecular weight is 425 g/mol. The van der Waals surface area contributed by atoms with Crippen LogP contribution >= 0.6 is 11.3 Å². The van der Waals surface area contributed by atoms with Gasteiger partial charge in [0.15, 0.2) is 0 Å². The van der Waals surface area contributed by atoms with E-state index in [0.29, 0.717) is 17.3 Å². The van der Waals surface area contributed by atoms with Crippen molar-refractivity contribution in [3.63, 3.8) is 0 Å². The number of hydrazine groups is 1. The van der Waals surface area contributed by atoms with Gasteiger partial charge in [-0.1, -0.05) is 18.2 Å². The molecular weight excluding hydrogens is 406 g/mol. The van der Waals surface area contributed by atoms with E-state index in [0.717, 1.165) is 10.6 Å². The van der Waals surface area contributed by atoms with Gasteiger partial charge in [-0.25, -0.2) is 14.8 Å². The third-order valence-corrected chi connectivity index (χ3v) is 4.70. The van der Waals surface area contributed by atoms with Gasteiger partial charge in [-0.15, -0.1) is 11.3 Å². The highest BCUT2D eigenvalue weighted by Gasteiger charge is 2.20. The summed E-state index contributed by atoms with van der Waals surface area (Å²) in [5.41, 5.74) is 9.09. The number of nitrogens with one attached hydrogen (secondary N) is 2. The number of nitrogens with two attached hydrogens (primary N) is 1. The fourth-order valence-electron chi connectivity index (χ4n) is 2.53. The molecule has 9 nitrogen and oxygen atoms in total. The summed E-state index contributed by atoms with van der Waals surface area (Å²) >= 11 is 1.17. The van der Waals surface area contributed by atoms with Gasteiger partial charge in [0.05, 0.1) is 5.69 Å². The van der Waals surface area contributed by atoms with Gasteiger partial charge in [-0.2, -0.15) is 0 Å². The predicted octanol–water partition coefficient (Wildman–Crippen LogP) is 2.91. The van der Waals surface area contributed by atoms with Crippen LogP contribution in [0.4, 0.5) is 16.3 Å². The van der Waals surface area contributed by atoms with Gasteiger partial charge >= 0.3 is 6.03 Å². The van der Waals surface area contributed by atoms with Crippen molar-refractivity contribution in [2.24, 2.45) is 5.73 Å². The van der Waals surface area contributed by atoms with Gasteiger partial charge in [0.1, 0.15) is 23.1 Å². The molecule has 2 heterocycles. The van der Waals surface area contributed by atoms with Crippen LogP contribution in [0.5, 0.6) is 5.75 Å². The highest BCUT2D eigenvalue weighted by molar-refractivity contribution is 7.12. The van der Waals surface area contributed by atoms with Crippen molar-refractivity contribution in [3.8, 4) is 5.75 Å². The molecule has 0 fully saturated rings. The monoisotopic (exact) mass is 425 g/mol. The van der Waals surface area contributed by atoms with Crippen molar-refractivity contribution >= 4 is 40.7 Å². The lowest BCUT2D eigenvalue weighted by atomic mass is 10.3. The van der Waals surface area contributed by atoms with E-state index in [2.05, 4.69) is 15.7 Å². The smallest absolute Gasteiger partial charge is 0.338 e. The molecule has 0 radical (unpaired) electrons. The molecule has 3 aromatic rings. The van der Waals surface area contributed by atoms with Crippen molar-refractivity contribution in [2.75, 3.05) is 10.3 Å². The number of amides is 4. The molecule has 1 aromatic carbocycles. The van der Waals surface area contributed by atoms with E-state index in [9.17, 15) is 14.4 Å². The Hall–Kier alpha value is -3.92. The number of anilines is 2. The number of urea groups is 1. The zero-order chi connectivity index (χ0) is 21.5. The Labute approximate surface area is 176 Å². The number of ether oxygens (including phenoxy) is 1. The van der Waals surface area contributed by atoms with Crippen LogP contribution in [0.25, 0.3) is 0 Å². The number of nitrogens with zero attached hydrogens (tertiary/aromatic N) is 2. The van der Waals surface area contributed by atoms with Crippen LogP contribution in [0.3, 0.4) is 0 Å². The minimum absolute atomic E-state index is 0.157. The first kappa shape index (κ1) is 20.8. The van der Waals surface area contributed by atoms with Gasteiger partial charge < -0.3 is 15.8 Å². The van der Waals surface area contributed by atoms with Gasteiger partial charge in [0, 0.05) is 13.1 Å². The SMILES string of the molecule is CC(=O)Nc1cc(COc2ccsc2C(=O)NN(C(N)=O)c2ccccc2)ccn1. The van der Waals surface area contributed by atoms with E-state index in [1.54, 1.807) is 60.1 Å². The maximum Gasteiger partial charge on any atom is 0.338 e. The third-order valence-electron chi connectivity index (χ3n) is 3.81. The lowest BCUT2D eigenvalue weighted by molar-refractivity contribution is -0.114. The van der Waals surface area contributed by atoms with Crippen LogP contribution in [0.15, 0.2) is 60.1 Å². The van der Waals surface area contributed by atoms with Crippen LogP contribution in [-0.2, 0) is 11.4 Å². The summed E-state index contributed by atoms with van der Waals surface area (Å²) in [5, 5.41) is 5.27. The van der Waals surface area contributed by atoms with Crippen molar-refractivity contribution in [2.45, 2.75) is 13.5 Å². The Morgan fingerprint density at radius 3 is 2.63 bits per heavy atom. The lowest BCUT2D eigenvalue weighted by Gasteiger charge is -2.21. The topological polar surface area (TPSA) is 127 Å². The molecule has 30 heavy (non-hydrogen) atoms. The summed E-state index contributed by atoms with van der Waals surface area (Å²) in [6.07, 6.45) is 1.55. The first-order valence-electron chi connectivity index (χ1n) is 8.82. The molecule has 0 spiro atoms. The molecule has 2 aromatic heterocycles. The second-order valence-electron chi connectivity index (χ2n) is 6.08. The number of carbonyl (C=O) groups is 3. The summed E-state index contributed by atoms with van der Waals surface area (Å²) in [7, 11) is 0. The second kappa shape index (κ2) is 9.52. The van der Waals surface area contributed by atoms with Crippen LogP contribution in [0.2, 0.25) is 0 Å². The Morgan fingerprint density at radius 1 is 1.17 bits per heavy atom. The first-order chi connectivity index (χ1) is 14.4. The molecule has 4 N–H and O–H groups in total. The van der Waals surface area contributed by atoms with Gasteiger partial charge in [-0.05, 0) is 41.3 Å². The number of benzene rings is 1. The Kier molecular flexibility index (Phi) is 6.60. The molecule has 0 aliphatic carbocycles. The standard InChI is InChI=1S/C20H19N5O4S/c1-13(26)23-17-11-14(7-9-22-17)12-29-16-8-10-30-18(16)19(27)24-25(20(21)28)15-5-3-2-4-6-15/h2-11H,12H2,1H3,(H2,21,28)(H,24,27)(H,22,23,26). The summed E-state index contributed by atoms with van der Waals surface area (Å²) in [5.74, 6) is 0.00539. The molecule has 10 heteroatoms. The van der Waals surface area contributed by atoms with Crippen molar-refractivity contribution in [1.29, 1.82) is 0 Å². The number of hydrogen-bond donors (Lipinski definition) is 3. The number of hydrogen-bond acceptors (Lipinski definition) is 6. The van der Waals surface area contributed by atoms with Crippen molar-refractivity contribution in [1.82, 2.24) is 10.4 Å². The maximum atomic E-state index is 12.7. The van der Waals surface area contributed by atoms with Gasteiger partial charge in [0.25, 0.3) is 5.91 Å². The lowest BCUT2D eigenvalue weighted by Crippen LogP contribution is -2.49. The molecule has 0 aliphatic heterocycles. The summed E-state index contributed by atoms with van der Waals surface area (Å²) in [6.45, 7) is 1.55. The van der Waals surface area contributed by atoms with Crippen LogP contribution in [0, 0.1) is 0 Å². The number of para-hydroxylation sites is 1. The quantitative estimate of drug-likeness (QED) is 0.524. The van der Waals surface area contributed by atoms with E-state index in [1.165, 1.54) is 18.3 Å². The fraction of sp³-hybridized carbons (Fsp3) is 0.100. The molecule has 0 bridgehead atoms. The van der Waals surface area contributed by atoms with E-state index in [-0.39, 0.29) is 17.4 Å². The zero-order valence-corrected chi connectivity index (χ0v) is 16.8. The minimum Gasteiger partial charge on any atom is -0.487 e. The molecule has 0 aliphatic rings. The Balaban J connectivity index is 1.69. The van der Waals surface area contributed by atoms with Crippen LogP contribution < -0.4 is 26.2 Å². The van der Waals surface area contributed by atoms with E-state index >= 15 is 0 Å². The average Bonchev–Trinajstić information content (AvgIpc) is 3.19. The van der Waals surface area contributed by atoms with Crippen LogP contribution in [0.1, 0.15) is 22.2 Å². The third kappa shape index (κ3) is 5.32. The molecule has 0 saturated carbocycles. The molecule has 0 unspecified atom stereocenters. The summed E-state index contributed by atoms with van der Waals surface area (Å²) in [6, 6.07) is 12.8. The first-order valence-corrected chi connectivity index (χ1v) is 9.70. The highest BCUT2D eigenvalue weighted by Crippen LogP contribution is 2.26. The van der Waals surface area contributed by atoms with Crippen molar-refractivity contribution < 1.29 is 19.1 Å². The number of primary amides is 1. The Bertz CT molecular complexity index is 1050. The summed E-state index contributed by atoms with van der Waals surface area (Å²) in [4.78, 5) is 40.0. The molecule has 0 saturated heterocycles. The van der Waals surface area contributed by atoms with E-state index in [4.69, 9.17) is 10.5 Å². The normalized spacial score (nSPS) is 10.2. The summed E-state index contributed by atoms with van der Waals surface area (Å²) < 4.78 is 5.77. The molecule has 4 amide bonds. The molecule has 3 rings (SSSR count). The molecular formula is C20H19N5O4S. The molecule has 0 atom stereocenters. The molecule has 154 valence electrons. The van der Waals surface area contributed by atoms with E-state index < -0.39 is 11.9 Å². The largest absolute Gasteiger partial charge is 0.487 e. The second-order valence-corrected chi connectivity index (χ2v) is 7.00. The Morgan fingerprint density at radius 2 is 1.93 bits per heavy atom. The number of thiophene rings is 1.